The highest BCUT2D eigenvalue weighted by Crippen LogP contribution is 2.29. The Hall–Kier alpha value is -3.60. The highest BCUT2D eigenvalue weighted by Gasteiger charge is 2.24. The molecule has 0 saturated heterocycles. The van der Waals surface area contributed by atoms with Gasteiger partial charge in [0.15, 0.2) is 0 Å². The third kappa shape index (κ3) is 4.14. The van der Waals surface area contributed by atoms with Crippen LogP contribution in [0.1, 0.15) is 34.7 Å². The molecule has 29 heavy (non-hydrogen) atoms. The zero-order chi connectivity index (χ0) is 20.2. The van der Waals surface area contributed by atoms with Gasteiger partial charge in [0.25, 0.3) is 0 Å². The first-order chi connectivity index (χ1) is 14.1. The second-order valence-electron chi connectivity index (χ2n) is 6.61. The number of esters is 1. The predicted octanol–water partition coefficient (Wildman–Crippen LogP) is 6.07. The molecule has 0 saturated carbocycles. The van der Waals surface area contributed by atoms with E-state index >= 15 is 0 Å². The Morgan fingerprint density at radius 3 is 2.41 bits per heavy atom. The number of halogens is 1. The molecule has 0 fully saturated rings. The van der Waals surface area contributed by atoms with Gasteiger partial charge in [0.05, 0.1) is 5.56 Å². The topological polar surface area (TPSA) is 48.7 Å². The molecule has 0 amide bonds. The SMILES string of the molecule is C[C@H](OC(=O)c1oc2ccccc2c1COc1ccccc1)c1ccc(F)cc1. The van der Waals surface area contributed by atoms with Crippen LogP contribution in [0.5, 0.6) is 5.75 Å². The third-order valence-corrected chi connectivity index (χ3v) is 4.63. The summed E-state index contributed by atoms with van der Waals surface area (Å²) in [7, 11) is 0. The van der Waals surface area contributed by atoms with Gasteiger partial charge in [0, 0.05) is 5.39 Å². The lowest BCUT2D eigenvalue weighted by Gasteiger charge is -2.13. The molecule has 1 heterocycles. The summed E-state index contributed by atoms with van der Waals surface area (Å²) in [6.45, 7) is 1.89. The van der Waals surface area contributed by atoms with E-state index in [0.29, 0.717) is 22.5 Å². The standard InChI is InChI=1S/C24H19FO4/c1-16(17-11-13-18(25)14-12-17)28-24(26)23-21(15-27-19-7-3-2-4-8-19)20-9-5-6-10-22(20)29-23/h2-14,16H,15H2,1H3/t16-/m0/s1. The van der Waals surface area contributed by atoms with Gasteiger partial charge in [-0.2, -0.15) is 0 Å². The molecule has 4 rings (SSSR count). The van der Waals surface area contributed by atoms with Crippen LogP contribution in [0.4, 0.5) is 4.39 Å². The van der Waals surface area contributed by atoms with E-state index in [1.165, 1.54) is 12.1 Å². The lowest BCUT2D eigenvalue weighted by atomic mass is 10.1. The second kappa shape index (κ2) is 8.19. The fraction of sp³-hybridized carbons (Fsp3) is 0.125. The minimum atomic E-state index is -0.593. The molecule has 1 aromatic heterocycles. The highest BCUT2D eigenvalue weighted by atomic mass is 19.1. The molecule has 0 radical (unpaired) electrons. The van der Waals surface area contributed by atoms with Gasteiger partial charge >= 0.3 is 5.97 Å². The van der Waals surface area contributed by atoms with Crippen molar-refractivity contribution >= 4 is 16.9 Å². The zero-order valence-corrected chi connectivity index (χ0v) is 15.8. The van der Waals surface area contributed by atoms with Crippen molar-refractivity contribution in [2.75, 3.05) is 0 Å². The van der Waals surface area contributed by atoms with E-state index in [1.54, 1.807) is 25.1 Å². The second-order valence-corrected chi connectivity index (χ2v) is 6.61. The van der Waals surface area contributed by atoms with E-state index in [9.17, 15) is 9.18 Å². The Morgan fingerprint density at radius 1 is 0.966 bits per heavy atom. The average Bonchev–Trinajstić information content (AvgIpc) is 3.12. The van der Waals surface area contributed by atoms with Crippen LogP contribution in [0, 0.1) is 5.82 Å². The number of hydrogen-bond donors (Lipinski definition) is 0. The first kappa shape index (κ1) is 18.7. The number of para-hydroxylation sites is 2. The van der Waals surface area contributed by atoms with Crippen LogP contribution >= 0.6 is 0 Å². The Kier molecular flexibility index (Phi) is 5.29. The number of carbonyl (C=O) groups is 1. The highest BCUT2D eigenvalue weighted by molar-refractivity contribution is 5.96. The van der Waals surface area contributed by atoms with Gasteiger partial charge < -0.3 is 13.9 Å². The Labute approximate surface area is 167 Å². The molecule has 0 bridgehead atoms. The number of benzene rings is 3. The molecule has 0 aliphatic heterocycles. The van der Waals surface area contributed by atoms with Crippen molar-refractivity contribution in [3.05, 3.63) is 102 Å². The van der Waals surface area contributed by atoms with Gasteiger partial charge in [-0.1, -0.05) is 48.5 Å². The minimum absolute atomic E-state index is 0.107. The summed E-state index contributed by atoms with van der Waals surface area (Å²) in [5.41, 5.74) is 1.90. The number of fused-ring (bicyclic) bond motifs is 1. The minimum Gasteiger partial charge on any atom is -0.489 e. The van der Waals surface area contributed by atoms with Crippen LogP contribution in [0.2, 0.25) is 0 Å². The maximum Gasteiger partial charge on any atom is 0.375 e. The average molecular weight is 390 g/mol. The van der Waals surface area contributed by atoms with E-state index < -0.39 is 12.1 Å². The summed E-state index contributed by atoms with van der Waals surface area (Å²) in [5, 5.41) is 0.796. The summed E-state index contributed by atoms with van der Waals surface area (Å²) in [6.07, 6.45) is -0.556. The lowest BCUT2D eigenvalue weighted by molar-refractivity contribution is 0.0300. The maximum atomic E-state index is 13.1. The lowest BCUT2D eigenvalue weighted by Crippen LogP contribution is -2.11. The summed E-state index contributed by atoms with van der Waals surface area (Å²) < 4.78 is 30.3. The molecule has 4 aromatic rings. The fourth-order valence-electron chi connectivity index (χ4n) is 3.10. The van der Waals surface area contributed by atoms with Crippen LogP contribution in [0.15, 0.2) is 83.3 Å². The number of hydrogen-bond acceptors (Lipinski definition) is 4. The number of carbonyl (C=O) groups excluding carboxylic acids is 1. The molecular formula is C24H19FO4. The quantitative estimate of drug-likeness (QED) is 0.375. The van der Waals surface area contributed by atoms with E-state index in [0.717, 1.165) is 5.39 Å². The fourth-order valence-corrected chi connectivity index (χ4v) is 3.10. The van der Waals surface area contributed by atoms with Crippen LogP contribution in [-0.4, -0.2) is 5.97 Å². The summed E-state index contributed by atoms with van der Waals surface area (Å²) in [4.78, 5) is 12.9. The Bertz CT molecular complexity index is 1120. The smallest absolute Gasteiger partial charge is 0.375 e. The van der Waals surface area contributed by atoms with Crippen molar-refractivity contribution in [1.82, 2.24) is 0 Å². The molecule has 0 aliphatic carbocycles. The predicted molar refractivity (Wildman–Crippen MR) is 107 cm³/mol. The van der Waals surface area contributed by atoms with E-state index in [2.05, 4.69) is 0 Å². The largest absolute Gasteiger partial charge is 0.489 e. The Balaban J connectivity index is 1.60. The van der Waals surface area contributed by atoms with Crippen LogP contribution in [0.25, 0.3) is 11.0 Å². The summed E-state index contributed by atoms with van der Waals surface area (Å²) in [6, 6.07) is 22.6. The maximum absolute atomic E-state index is 13.1. The number of furan rings is 1. The molecule has 0 N–H and O–H groups in total. The first-order valence-corrected chi connectivity index (χ1v) is 9.26. The van der Waals surface area contributed by atoms with Gasteiger partial charge in [0.1, 0.15) is 29.9 Å². The summed E-state index contributed by atoms with van der Waals surface area (Å²) >= 11 is 0. The monoisotopic (exact) mass is 390 g/mol. The van der Waals surface area contributed by atoms with Gasteiger partial charge in [-0.3, -0.25) is 0 Å². The molecule has 4 nitrogen and oxygen atoms in total. The van der Waals surface area contributed by atoms with Crippen molar-refractivity contribution in [3.63, 3.8) is 0 Å². The third-order valence-electron chi connectivity index (χ3n) is 4.63. The molecule has 3 aromatic carbocycles. The van der Waals surface area contributed by atoms with Crippen molar-refractivity contribution in [3.8, 4) is 5.75 Å². The van der Waals surface area contributed by atoms with Crippen LogP contribution < -0.4 is 4.74 Å². The van der Waals surface area contributed by atoms with Crippen LogP contribution in [0.3, 0.4) is 0 Å². The molecule has 5 heteroatoms. The molecule has 146 valence electrons. The van der Waals surface area contributed by atoms with Crippen molar-refractivity contribution in [2.24, 2.45) is 0 Å². The van der Waals surface area contributed by atoms with Gasteiger partial charge in [-0.05, 0) is 42.8 Å². The molecular weight excluding hydrogens is 371 g/mol. The zero-order valence-electron chi connectivity index (χ0n) is 15.8. The van der Waals surface area contributed by atoms with E-state index in [-0.39, 0.29) is 18.2 Å². The first-order valence-electron chi connectivity index (χ1n) is 9.26. The van der Waals surface area contributed by atoms with Crippen molar-refractivity contribution in [2.45, 2.75) is 19.6 Å². The van der Waals surface area contributed by atoms with Gasteiger partial charge in [-0.25, -0.2) is 9.18 Å². The van der Waals surface area contributed by atoms with E-state index in [1.807, 2.05) is 48.5 Å². The summed E-state index contributed by atoms with van der Waals surface area (Å²) in [5.74, 6) is -0.137. The van der Waals surface area contributed by atoms with Crippen LogP contribution in [-0.2, 0) is 11.3 Å². The molecule has 1 atom stereocenters. The normalized spacial score (nSPS) is 11.9. The van der Waals surface area contributed by atoms with E-state index in [4.69, 9.17) is 13.9 Å². The molecule has 0 unspecified atom stereocenters. The van der Waals surface area contributed by atoms with Crippen molar-refractivity contribution < 1.29 is 23.1 Å². The van der Waals surface area contributed by atoms with Crippen molar-refractivity contribution in [1.29, 1.82) is 0 Å². The van der Waals surface area contributed by atoms with Gasteiger partial charge in [-0.15, -0.1) is 0 Å². The number of ether oxygens (including phenoxy) is 2. The molecule has 0 spiro atoms. The van der Waals surface area contributed by atoms with Gasteiger partial charge in [0.2, 0.25) is 5.76 Å². The molecule has 0 aliphatic rings. The number of rotatable bonds is 6. The Morgan fingerprint density at radius 2 is 1.66 bits per heavy atom.